The molecule has 1 N–H and O–H groups in total. The summed E-state index contributed by atoms with van der Waals surface area (Å²) < 4.78 is 28.4. The van der Waals surface area contributed by atoms with Crippen molar-refractivity contribution in [1.29, 1.82) is 0 Å². The Labute approximate surface area is 159 Å². The standard InChI is InChI=1S/C20H23NO5S/c1-27(24,25)15-18(20(23)26-14-17-10-6-3-7-11-17)21-19(22)13-12-16-8-4-2-5-9-16/h2-11,18H,12-15H2,1H3,(H,21,22)/t18-/m1/s1. The molecule has 0 bridgehead atoms. The molecule has 0 aliphatic rings. The second-order valence-corrected chi connectivity index (χ2v) is 8.48. The van der Waals surface area contributed by atoms with Crippen LogP contribution in [0.25, 0.3) is 0 Å². The van der Waals surface area contributed by atoms with Gasteiger partial charge in [0.2, 0.25) is 5.91 Å². The number of hydrogen-bond donors (Lipinski definition) is 1. The van der Waals surface area contributed by atoms with Crippen molar-refractivity contribution in [2.24, 2.45) is 0 Å². The first-order chi connectivity index (χ1) is 12.8. The van der Waals surface area contributed by atoms with Crippen LogP contribution in [-0.4, -0.2) is 38.3 Å². The van der Waals surface area contributed by atoms with E-state index in [4.69, 9.17) is 4.74 Å². The van der Waals surface area contributed by atoms with Gasteiger partial charge in [0.1, 0.15) is 22.5 Å². The summed E-state index contributed by atoms with van der Waals surface area (Å²) in [7, 11) is -3.48. The van der Waals surface area contributed by atoms with Gasteiger partial charge in [0.05, 0.1) is 5.75 Å². The number of sulfone groups is 1. The Balaban J connectivity index is 1.93. The fourth-order valence-corrected chi connectivity index (χ4v) is 3.29. The summed E-state index contributed by atoms with van der Waals surface area (Å²) in [4.78, 5) is 24.5. The number of esters is 1. The van der Waals surface area contributed by atoms with Crippen LogP contribution >= 0.6 is 0 Å². The molecule has 27 heavy (non-hydrogen) atoms. The molecule has 0 aromatic heterocycles. The quantitative estimate of drug-likeness (QED) is 0.662. The molecule has 0 saturated carbocycles. The van der Waals surface area contributed by atoms with Crippen LogP contribution in [0.3, 0.4) is 0 Å². The van der Waals surface area contributed by atoms with Crippen LogP contribution in [0.4, 0.5) is 0 Å². The number of nitrogens with one attached hydrogen (secondary N) is 1. The number of rotatable bonds is 9. The molecule has 0 spiro atoms. The van der Waals surface area contributed by atoms with Crippen molar-refractivity contribution in [3.8, 4) is 0 Å². The fourth-order valence-electron chi connectivity index (χ4n) is 2.47. The summed E-state index contributed by atoms with van der Waals surface area (Å²) in [5.41, 5.74) is 1.76. The van der Waals surface area contributed by atoms with E-state index in [2.05, 4.69) is 5.32 Å². The highest BCUT2D eigenvalue weighted by Crippen LogP contribution is 2.05. The van der Waals surface area contributed by atoms with Crippen molar-refractivity contribution in [2.75, 3.05) is 12.0 Å². The second kappa shape index (κ2) is 9.87. The van der Waals surface area contributed by atoms with E-state index in [1.807, 2.05) is 48.5 Å². The Morgan fingerprint density at radius 1 is 0.963 bits per heavy atom. The molecular weight excluding hydrogens is 366 g/mol. The van der Waals surface area contributed by atoms with Crippen molar-refractivity contribution in [1.82, 2.24) is 5.32 Å². The normalized spacial score (nSPS) is 12.2. The van der Waals surface area contributed by atoms with Gasteiger partial charge < -0.3 is 10.1 Å². The molecule has 1 atom stereocenters. The highest BCUT2D eigenvalue weighted by molar-refractivity contribution is 7.90. The number of hydrogen-bond acceptors (Lipinski definition) is 5. The molecule has 0 unspecified atom stereocenters. The van der Waals surface area contributed by atoms with E-state index in [1.165, 1.54) is 0 Å². The number of carbonyl (C=O) groups is 2. The van der Waals surface area contributed by atoms with Crippen LogP contribution in [-0.2, 0) is 37.2 Å². The zero-order chi connectivity index (χ0) is 19.7. The molecule has 144 valence electrons. The summed E-state index contributed by atoms with van der Waals surface area (Å²) in [6.45, 7) is 0.0137. The second-order valence-electron chi connectivity index (χ2n) is 6.29. The molecule has 0 saturated heterocycles. The Morgan fingerprint density at radius 3 is 2.07 bits per heavy atom. The number of amides is 1. The summed E-state index contributed by atoms with van der Waals surface area (Å²) >= 11 is 0. The third-order valence-electron chi connectivity index (χ3n) is 3.80. The fraction of sp³-hybridized carbons (Fsp3) is 0.300. The number of carbonyl (C=O) groups excluding carboxylic acids is 2. The summed E-state index contributed by atoms with van der Waals surface area (Å²) in [5.74, 6) is -1.67. The minimum absolute atomic E-state index is 0.0137. The zero-order valence-electron chi connectivity index (χ0n) is 15.1. The summed E-state index contributed by atoms with van der Waals surface area (Å²) in [6, 6.07) is 17.2. The minimum atomic E-state index is -3.48. The van der Waals surface area contributed by atoms with E-state index in [9.17, 15) is 18.0 Å². The van der Waals surface area contributed by atoms with E-state index < -0.39 is 33.5 Å². The Morgan fingerprint density at radius 2 is 1.52 bits per heavy atom. The lowest BCUT2D eigenvalue weighted by molar-refractivity contribution is -0.148. The van der Waals surface area contributed by atoms with Gasteiger partial charge in [0.25, 0.3) is 0 Å². The highest BCUT2D eigenvalue weighted by atomic mass is 32.2. The lowest BCUT2D eigenvalue weighted by Crippen LogP contribution is -2.46. The number of aryl methyl sites for hydroxylation is 1. The van der Waals surface area contributed by atoms with Crippen LogP contribution in [0.2, 0.25) is 0 Å². The molecule has 0 aliphatic heterocycles. The van der Waals surface area contributed by atoms with Crippen molar-refractivity contribution < 1.29 is 22.7 Å². The molecule has 7 heteroatoms. The zero-order valence-corrected chi connectivity index (χ0v) is 15.9. The van der Waals surface area contributed by atoms with Gasteiger partial charge in [0, 0.05) is 12.7 Å². The van der Waals surface area contributed by atoms with E-state index in [0.717, 1.165) is 17.4 Å². The van der Waals surface area contributed by atoms with Crippen LogP contribution in [0.1, 0.15) is 17.5 Å². The van der Waals surface area contributed by atoms with E-state index >= 15 is 0 Å². The lowest BCUT2D eigenvalue weighted by atomic mass is 10.1. The van der Waals surface area contributed by atoms with Crippen molar-refractivity contribution in [2.45, 2.75) is 25.5 Å². The van der Waals surface area contributed by atoms with Crippen LogP contribution in [0, 0.1) is 0 Å². The first-order valence-electron chi connectivity index (χ1n) is 8.55. The Kier molecular flexibility index (Phi) is 7.55. The van der Waals surface area contributed by atoms with E-state index in [0.29, 0.717) is 6.42 Å². The van der Waals surface area contributed by atoms with E-state index in [1.54, 1.807) is 12.1 Å². The molecule has 1 amide bonds. The molecular formula is C20H23NO5S. The average Bonchev–Trinajstić information content (AvgIpc) is 2.64. The lowest BCUT2D eigenvalue weighted by Gasteiger charge is -2.17. The van der Waals surface area contributed by atoms with Crippen molar-refractivity contribution >= 4 is 21.7 Å². The van der Waals surface area contributed by atoms with Gasteiger partial charge in [0.15, 0.2) is 0 Å². The monoisotopic (exact) mass is 389 g/mol. The highest BCUT2D eigenvalue weighted by Gasteiger charge is 2.26. The molecule has 0 radical (unpaired) electrons. The average molecular weight is 389 g/mol. The first-order valence-corrected chi connectivity index (χ1v) is 10.6. The van der Waals surface area contributed by atoms with Crippen LogP contribution in [0.15, 0.2) is 60.7 Å². The van der Waals surface area contributed by atoms with Gasteiger partial charge in [-0.3, -0.25) is 4.79 Å². The largest absolute Gasteiger partial charge is 0.459 e. The Hall–Kier alpha value is -2.67. The summed E-state index contributed by atoms with van der Waals surface area (Å²) in [6.07, 6.45) is 1.66. The summed E-state index contributed by atoms with van der Waals surface area (Å²) in [5, 5.41) is 2.49. The maximum atomic E-state index is 12.3. The van der Waals surface area contributed by atoms with Crippen molar-refractivity contribution in [3.63, 3.8) is 0 Å². The van der Waals surface area contributed by atoms with Crippen LogP contribution in [0.5, 0.6) is 0 Å². The predicted octanol–water partition coefficient (Wildman–Crippen LogP) is 1.89. The topological polar surface area (TPSA) is 89.5 Å². The molecule has 0 fully saturated rings. The van der Waals surface area contributed by atoms with Gasteiger partial charge in [-0.05, 0) is 17.5 Å². The smallest absolute Gasteiger partial charge is 0.330 e. The Bertz CT molecular complexity index is 850. The molecule has 0 aliphatic carbocycles. The van der Waals surface area contributed by atoms with Gasteiger partial charge in [-0.25, -0.2) is 13.2 Å². The first kappa shape index (κ1) is 20.6. The SMILES string of the molecule is CS(=O)(=O)C[C@@H](NC(=O)CCc1ccccc1)C(=O)OCc1ccccc1. The van der Waals surface area contributed by atoms with Gasteiger partial charge in [-0.15, -0.1) is 0 Å². The third kappa shape index (κ3) is 8.04. The molecule has 2 aromatic rings. The number of ether oxygens (including phenoxy) is 1. The van der Waals surface area contributed by atoms with Gasteiger partial charge in [-0.2, -0.15) is 0 Å². The van der Waals surface area contributed by atoms with Gasteiger partial charge >= 0.3 is 5.97 Å². The molecule has 2 rings (SSSR count). The molecule has 6 nitrogen and oxygen atoms in total. The van der Waals surface area contributed by atoms with Crippen molar-refractivity contribution in [3.05, 3.63) is 71.8 Å². The predicted molar refractivity (Wildman–Crippen MR) is 103 cm³/mol. The maximum Gasteiger partial charge on any atom is 0.330 e. The van der Waals surface area contributed by atoms with E-state index in [-0.39, 0.29) is 13.0 Å². The molecule has 2 aromatic carbocycles. The van der Waals surface area contributed by atoms with Crippen LogP contribution < -0.4 is 5.32 Å². The minimum Gasteiger partial charge on any atom is -0.459 e. The third-order valence-corrected chi connectivity index (χ3v) is 4.74. The van der Waals surface area contributed by atoms with Gasteiger partial charge in [-0.1, -0.05) is 60.7 Å². The number of benzene rings is 2. The maximum absolute atomic E-state index is 12.3. The molecule has 0 heterocycles.